The molecular formula is C41H30IrN2-2. The van der Waals surface area contributed by atoms with Crippen LogP contribution in [0.5, 0.6) is 0 Å². The topological polar surface area (TPSA) is 25.8 Å². The van der Waals surface area contributed by atoms with Gasteiger partial charge in [0.15, 0.2) is 0 Å². The Kier molecular flexibility index (Phi) is 10.7. The maximum absolute atomic E-state index is 4.70. The molecule has 3 heteroatoms. The molecule has 2 aromatic heterocycles. The van der Waals surface area contributed by atoms with Crippen molar-refractivity contribution in [3.63, 3.8) is 0 Å². The van der Waals surface area contributed by atoms with Crippen molar-refractivity contribution in [2.45, 2.75) is 6.42 Å². The first-order chi connectivity index (χ1) is 21.3. The molecular weight excluding hydrogens is 713 g/mol. The van der Waals surface area contributed by atoms with Gasteiger partial charge in [-0.1, -0.05) is 109 Å². The zero-order valence-electron chi connectivity index (χ0n) is 24.1. The average Bonchev–Trinajstić information content (AvgIpc) is 3.11. The smallest absolute Gasteiger partial charge is 0.0242 e. The van der Waals surface area contributed by atoms with Crippen molar-refractivity contribution in [3.05, 3.63) is 193 Å². The van der Waals surface area contributed by atoms with Gasteiger partial charge in [-0.25, -0.2) is 0 Å². The fraction of sp³-hybridized carbons (Fsp3) is 0.0244. The molecule has 1 radical (unpaired) electrons. The van der Waals surface area contributed by atoms with Crippen LogP contribution < -0.4 is 0 Å². The molecule has 0 bridgehead atoms. The minimum atomic E-state index is 0. The van der Waals surface area contributed by atoms with E-state index in [2.05, 4.69) is 108 Å². The Morgan fingerprint density at radius 1 is 0.477 bits per heavy atom. The van der Waals surface area contributed by atoms with E-state index in [-0.39, 0.29) is 20.1 Å². The van der Waals surface area contributed by atoms with E-state index < -0.39 is 0 Å². The maximum atomic E-state index is 4.70. The Hall–Kier alpha value is -4.95. The van der Waals surface area contributed by atoms with Gasteiger partial charge in [0.05, 0.1) is 0 Å². The Bertz CT molecular complexity index is 1800. The summed E-state index contributed by atoms with van der Waals surface area (Å²) in [4.78, 5) is 9.05. The number of hydrogen-bond acceptors (Lipinski definition) is 2. The Morgan fingerprint density at radius 3 is 1.82 bits per heavy atom. The summed E-state index contributed by atoms with van der Waals surface area (Å²) in [6.45, 7) is 0. The van der Waals surface area contributed by atoms with E-state index in [0.717, 1.165) is 28.9 Å². The summed E-state index contributed by atoms with van der Waals surface area (Å²) in [7, 11) is 0. The van der Waals surface area contributed by atoms with Crippen LogP contribution >= 0.6 is 0 Å². The van der Waals surface area contributed by atoms with Crippen molar-refractivity contribution in [2.24, 2.45) is 0 Å². The van der Waals surface area contributed by atoms with E-state index in [1.54, 1.807) is 6.20 Å². The zero-order chi connectivity index (χ0) is 29.1. The zero-order valence-corrected chi connectivity index (χ0v) is 26.5. The van der Waals surface area contributed by atoms with Gasteiger partial charge in [-0.3, -0.25) is 0 Å². The molecule has 215 valence electrons. The molecule has 0 atom stereocenters. The van der Waals surface area contributed by atoms with Crippen molar-refractivity contribution in [3.8, 4) is 44.8 Å². The van der Waals surface area contributed by atoms with Crippen LogP contribution in [0.2, 0.25) is 0 Å². The van der Waals surface area contributed by atoms with Gasteiger partial charge in [0.25, 0.3) is 0 Å². The SMILES string of the molecule is [Ir].[c-]1ccc(-c2ccccc2)cc1-c1ccccn1.[c-]1ccccc1-c1cc(Cc2ccccc2)c(-c2ccccc2)cn1. The summed E-state index contributed by atoms with van der Waals surface area (Å²) in [6, 6.07) is 60.1. The number of benzene rings is 5. The fourth-order valence-electron chi connectivity index (χ4n) is 4.98. The van der Waals surface area contributed by atoms with Crippen LogP contribution in [-0.2, 0) is 26.5 Å². The van der Waals surface area contributed by atoms with Gasteiger partial charge >= 0.3 is 0 Å². The van der Waals surface area contributed by atoms with Crippen LogP contribution in [-0.4, -0.2) is 9.97 Å². The quantitative estimate of drug-likeness (QED) is 0.159. The molecule has 0 aliphatic rings. The van der Waals surface area contributed by atoms with Crippen LogP contribution in [0.25, 0.3) is 44.8 Å². The molecule has 0 aliphatic carbocycles. The van der Waals surface area contributed by atoms with E-state index in [0.29, 0.717) is 0 Å². The molecule has 0 amide bonds. The van der Waals surface area contributed by atoms with Gasteiger partial charge in [0.1, 0.15) is 0 Å². The standard InChI is InChI=1S/C24H18N.C17H12N.Ir/c1-4-10-19(11-5-1)16-22-17-24(21-14-8-3-9-15-21)25-18-23(22)20-12-6-2-7-13-20;1-2-7-14(8-3-1)15-9-6-10-16(13-15)17-11-4-5-12-18-17;/h1-14,17-18H,16H2;1-9,11-13H;/q2*-1;. The van der Waals surface area contributed by atoms with Crippen molar-refractivity contribution in [2.75, 3.05) is 0 Å². The third-order valence-corrected chi connectivity index (χ3v) is 7.15. The molecule has 0 unspecified atom stereocenters. The number of pyridine rings is 2. The Morgan fingerprint density at radius 2 is 1.14 bits per heavy atom. The number of hydrogen-bond donors (Lipinski definition) is 0. The van der Waals surface area contributed by atoms with Crippen molar-refractivity contribution < 1.29 is 20.1 Å². The number of nitrogens with zero attached hydrogens (tertiary/aromatic N) is 2. The van der Waals surface area contributed by atoms with Gasteiger partial charge in [-0.05, 0) is 46.1 Å². The predicted octanol–water partition coefficient (Wildman–Crippen LogP) is 10.0. The maximum Gasteiger partial charge on any atom is 0.0242 e. The molecule has 0 N–H and O–H groups in total. The number of aromatic nitrogens is 2. The first-order valence-electron chi connectivity index (χ1n) is 14.4. The van der Waals surface area contributed by atoms with E-state index in [9.17, 15) is 0 Å². The Balaban J connectivity index is 0.000000179. The molecule has 5 aromatic carbocycles. The molecule has 0 saturated carbocycles. The van der Waals surface area contributed by atoms with Crippen LogP contribution in [0.15, 0.2) is 170 Å². The monoisotopic (exact) mass is 743 g/mol. The average molecular weight is 743 g/mol. The molecule has 0 fully saturated rings. The van der Waals surface area contributed by atoms with E-state index in [1.165, 1.54) is 33.4 Å². The Labute approximate surface area is 273 Å². The summed E-state index contributed by atoms with van der Waals surface area (Å²) < 4.78 is 0. The molecule has 0 spiro atoms. The van der Waals surface area contributed by atoms with E-state index in [1.807, 2.05) is 72.9 Å². The second kappa shape index (κ2) is 15.5. The van der Waals surface area contributed by atoms with E-state index >= 15 is 0 Å². The molecule has 7 aromatic rings. The molecule has 44 heavy (non-hydrogen) atoms. The summed E-state index contributed by atoms with van der Waals surface area (Å²) in [5.74, 6) is 0. The molecule has 7 rings (SSSR count). The second-order valence-corrected chi connectivity index (χ2v) is 10.1. The van der Waals surface area contributed by atoms with Crippen LogP contribution in [0.4, 0.5) is 0 Å². The molecule has 0 saturated heterocycles. The second-order valence-electron chi connectivity index (χ2n) is 10.1. The summed E-state index contributed by atoms with van der Waals surface area (Å²) in [5.41, 5.74) is 11.3. The van der Waals surface area contributed by atoms with Crippen LogP contribution in [0.1, 0.15) is 11.1 Å². The largest absolute Gasteiger partial charge is 0.305 e. The first-order valence-corrected chi connectivity index (χ1v) is 14.4. The fourth-order valence-corrected chi connectivity index (χ4v) is 4.98. The third kappa shape index (κ3) is 7.90. The van der Waals surface area contributed by atoms with Crippen molar-refractivity contribution >= 4 is 0 Å². The van der Waals surface area contributed by atoms with Gasteiger partial charge in [0, 0.05) is 38.1 Å². The first kappa shape index (κ1) is 30.5. The minimum Gasteiger partial charge on any atom is -0.305 e. The predicted molar refractivity (Wildman–Crippen MR) is 177 cm³/mol. The molecule has 2 nitrogen and oxygen atoms in total. The summed E-state index contributed by atoms with van der Waals surface area (Å²) >= 11 is 0. The van der Waals surface area contributed by atoms with Crippen molar-refractivity contribution in [1.29, 1.82) is 0 Å². The van der Waals surface area contributed by atoms with Gasteiger partial charge < -0.3 is 9.97 Å². The summed E-state index contributed by atoms with van der Waals surface area (Å²) in [5, 5.41) is 0. The van der Waals surface area contributed by atoms with E-state index in [4.69, 9.17) is 4.98 Å². The van der Waals surface area contributed by atoms with Crippen molar-refractivity contribution in [1.82, 2.24) is 9.97 Å². The van der Waals surface area contributed by atoms with Gasteiger partial charge in [-0.2, -0.15) is 0 Å². The third-order valence-electron chi connectivity index (χ3n) is 7.15. The normalized spacial score (nSPS) is 10.2. The molecule has 0 aliphatic heterocycles. The molecule has 2 heterocycles. The van der Waals surface area contributed by atoms with Crippen LogP contribution in [0, 0.1) is 12.1 Å². The van der Waals surface area contributed by atoms with Gasteiger partial charge in [-0.15, -0.1) is 71.3 Å². The summed E-state index contributed by atoms with van der Waals surface area (Å²) in [6.07, 6.45) is 4.68. The number of rotatable bonds is 6. The minimum absolute atomic E-state index is 0. The van der Waals surface area contributed by atoms with Crippen LogP contribution in [0.3, 0.4) is 0 Å². The van der Waals surface area contributed by atoms with Gasteiger partial charge in [0.2, 0.25) is 0 Å².